The third kappa shape index (κ3) is 4.68. The molecule has 2 aromatic rings. The number of anilines is 1. The summed E-state index contributed by atoms with van der Waals surface area (Å²) in [5.41, 5.74) is 1.95. The Morgan fingerprint density at radius 3 is 2.52 bits per heavy atom. The highest BCUT2D eigenvalue weighted by Gasteiger charge is 2.07. The number of nitrogens with zero attached hydrogens (tertiary/aromatic N) is 2. The van der Waals surface area contributed by atoms with E-state index in [-0.39, 0.29) is 18.0 Å². The van der Waals surface area contributed by atoms with Crippen molar-refractivity contribution in [3.8, 4) is 0 Å². The zero-order valence-electron chi connectivity index (χ0n) is 11.3. The van der Waals surface area contributed by atoms with E-state index in [1.165, 1.54) is 18.6 Å². The lowest BCUT2D eigenvalue weighted by atomic mass is 10.1. The number of aromatic nitrogens is 2. The molecule has 0 aliphatic carbocycles. The summed E-state index contributed by atoms with van der Waals surface area (Å²) in [6.07, 6.45) is 5.81. The highest BCUT2D eigenvalue weighted by atomic mass is 16.4. The molecule has 0 spiro atoms. The summed E-state index contributed by atoms with van der Waals surface area (Å²) in [5.74, 6) is -1.11. The molecular weight excluding hydrogens is 270 g/mol. The lowest BCUT2D eigenvalue weighted by molar-refractivity contribution is -0.137. The summed E-state index contributed by atoms with van der Waals surface area (Å²) in [4.78, 5) is 30.1. The Morgan fingerprint density at radius 1 is 1.14 bits per heavy atom. The summed E-state index contributed by atoms with van der Waals surface area (Å²) in [6.45, 7) is 0. The standard InChI is InChI=1S/C15H15N3O3/c19-14(20)3-1-2-11-4-6-12(7-5-11)18-15(21)13-10-16-8-9-17-13/h4-10H,1-3H2,(H,18,21)(H,19,20). The van der Waals surface area contributed by atoms with Crippen molar-refractivity contribution < 1.29 is 14.7 Å². The molecule has 0 bridgehead atoms. The maximum atomic E-state index is 11.9. The number of benzene rings is 1. The highest BCUT2D eigenvalue weighted by Crippen LogP contribution is 2.12. The van der Waals surface area contributed by atoms with Gasteiger partial charge in [-0.3, -0.25) is 14.6 Å². The van der Waals surface area contributed by atoms with Crippen LogP contribution in [0.25, 0.3) is 0 Å². The fourth-order valence-electron chi connectivity index (χ4n) is 1.81. The molecular formula is C15H15N3O3. The Kier molecular flexibility index (Phi) is 4.98. The first-order chi connectivity index (χ1) is 10.1. The van der Waals surface area contributed by atoms with Crippen LogP contribution in [0.5, 0.6) is 0 Å². The number of hydrogen-bond donors (Lipinski definition) is 2. The fraction of sp³-hybridized carbons (Fsp3) is 0.200. The summed E-state index contributed by atoms with van der Waals surface area (Å²) >= 11 is 0. The van der Waals surface area contributed by atoms with Gasteiger partial charge >= 0.3 is 5.97 Å². The number of carboxylic acids is 1. The Labute approximate surface area is 121 Å². The molecule has 6 heteroatoms. The van der Waals surface area contributed by atoms with Crippen LogP contribution in [0.15, 0.2) is 42.9 Å². The van der Waals surface area contributed by atoms with E-state index in [2.05, 4.69) is 15.3 Å². The SMILES string of the molecule is O=C(O)CCCc1ccc(NC(=O)c2cnccn2)cc1. The third-order valence-electron chi connectivity index (χ3n) is 2.86. The number of carboxylic acid groups (broad SMARTS) is 1. The Balaban J connectivity index is 1.90. The van der Waals surface area contributed by atoms with Gasteiger partial charge in [0.25, 0.3) is 5.91 Å². The first-order valence-corrected chi connectivity index (χ1v) is 6.53. The normalized spacial score (nSPS) is 10.1. The molecule has 0 fully saturated rings. The van der Waals surface area contributed by atoms with Gasteiger partial charge in [-0.15, -0.1) is 0 Å². The van der Waals surface area contributed by atoms with Gasteiger partial charge in [-0.2, -0.15) is 0 Å². The number of carbonyl (C=O) groups is 2. The van der Waals surface area contributed by atoms with Crippen molar-refractivity contribution in [1.82, 2.24) is 9.97 Å². The number of aryl methyl sites for hydroxylation is 1. The Morgan fingerprint density at radius 2 is 1.90 bits per heavy atom. The van der Waals surface area contributed by atoms with Crippen LogP contribution in [0.1, 0.15) is 28.9 Å². The predicted octanol–water partition coefficient (Wildman–Crippen LogP) is 2.14. The van der Waals surface area contributed by atoms with Crippen LogP contribution in [0, 0.1) is 0 Å². The van der Waals surface area contributed by atoms with Gasteiger partial charge in [-0.1, -0.05) is 12.1 Å². The van der Waals surface area contributed by atoms with E-state index in [1.54, 1.807) is 12.1 Å². The van der Waals surface area contributed by atoms with E-state index < -0.39 is 5.97 Å². The molecule has 0 aliphatic heterocycles. The van der Waals surface area contributed by atoms with Crippen LogP contribution in [-0.2, 0) is 11.2 Å². The van der Waals surface area contributed by atoms with E-state index >= 15 is 0 Å². The number of amides is 1. The average molecular weight is 285 g/mol. The lowest BCUT2D eigenvalue weighted by Gasteiger charge is -2.05. The molecule has 0 radical (unpaired) electrons. The molecule has 1 amide bonds. The van der Waals surface area contributed by atoms with Crippen molar-refractivity contribution >= 4 is 17.6 Å². The number of carbonyl (C=O) groups excluding carboxylic acids is 1. The van der Waals surface area contributed by atoms with Crippen LogP contribution >= 0.6 is 0 Å². The van der Waals surface area contributed by atoms with Crippen LogP contribution in [-0.4, -0.2) is 27.0 Å². The molecule has 108 valence electrons. The van der Waals surface area contributed by atoms with Crippen LogP contribution in [0.4, 0.5) is 5.69 Å². The van der Waals surface area contributed by atoms with Crippen molar-refractivity contribution in [2.24, 2.45) is 0 Å². The monoisotopic (exact) mass is 285 g/mol. The largest absolute Gasteiger partial charge is 0.481 e. The third-order valence-corrected chi connectivity index (χ3v) is 2.86. The second-order valence-electron chi connectivity index (χ2n) is 4.49. The molecule has 0 aliphatic rings. The van der Waals surface area contributed by atoms with Gasteiger partial charge in [0, 0.05) is 24.5 Å². The topological polar surface area (TPSA) is 92.2 Å². The maximum Gasteiger partial charge on any atom is 0.303 e. The van der Waals surface area contributed by atoms with Crippen molar-refractivity contribution in [3.05, 3.63) is 54.1 Å². The van der Waals surface area contributed by atoms with Gasteiger partial charge < -0.3 is 10.4 Å². The summed E-state index contributed by atoms with van der Waals surface area (Å²) in [6, 6.07) is 7.30. The van der Waals surface area contributed by atoms with Gasteiger partial charge in [-0.05, 0) is 30.5 Å². The van der Waals surface area contributed by atoms with E-state index in [1.807, 2.05) is 12.1 Å². The molecule has 2 rings (SSSR count). The molecule has 0 atom stereocenters. The smallest absolute Gasteiger partial charge is 0.303 e. The second-order valence-corrected chi connectivity index (χ2v) is 4.49. The minimum absolute atomic E-state index is 0.158. The number of hydrogen-bond acceptors (Lipinski definition) is 4. The summed E-state index contributed by atoms with van der Waals surface area (Å²) < 4.78 is 0. The molecule has 6 nitrogen and oxygen atoms in total. The van der Waals surface area contributed by atoms with E-state index in [4.69, 9.17) is 5.11 Å². The van der Waals surface area contributed by atoms with Gasteiger partial charge in [0.15, 0.2) is 0 Å². The Bertz CT molecular complexity index is 612. The molecule has 0 unspecified atom stereocenters. The molecule has 0 saturated carbocycles. The predicted molar refractivity (Wildman–Crippen MR) is 77.0 cm³/mol. The molecule has 2 N–H and O–H groups in total. The van der Waals surface area contributed by atoms with Crippen LogP contribution in [0.3, 0.4) is 0 Å². The first kappa shape index (κ1) is 14.6. The van der Waals surface area contributed by atoms with Crippen molar-refractivity contribution in [2.45, 2.75) is 19.3 Å². The molecule has 1 aromatic heterocycles. The van der Waals surface area contributed by atoms with Gasteiger partial charge in [0.2, 0.25) is 0 Å². The Hall–Kier alpha value is -2.76. The fourth-order valence-corrected chi connectivity index (χ4v) is 1.81. The minimum atomic E-state index is -0.789. The lowest BCUT2D eigenvalue weighted by Crippen LogP contribution is -2.13. The second kappa shape index (κ2) is 7.14. The molecule has 1 aromatic carbocycles. The molecule has 1 heterocycles. The molecule has 0 saturated heterocycles. The van der Waals surface area contributed by atoms with Crippen molar-refractivity contribution in [1.29, 1.82) is 0 Å². The van der Waals surface area contributed by atoms with E-state index in [0.29, 0.717) is 18.5 Å². The van der Waals surface area contributed by atoms with E-state index in [9.17, 15) is 9.59 Å². The van der Waals surface area contributed by atoms with Crippen molar-refractivity contribution in [3.63, 3.8) is 0 Å². The summed E-state index contributed by atoms with van der Waals surface area (Å²) in [7, 11) is 0. The van der Waals surface area contributed by atoms with Gasteiger partial charge in [-0.25, -0.2) is 4.98 Å². The quantitative estimate of drug-likeness (QED) is 0.848. The first-order valence-electron chi connectivity index (χ1n) is 6.53. The van der Waals surface area contributed by atoms with Crippen LogP contribution < -0.4 is 5.32 Å². The zero-order valence-corrected chi connectivity index (χ0v) is 11.3. The zero-order chi connectivity index (χ0) is 15.1. The highest BCUT2D eigenvalue weighted by molar-refractivity contribution is 6.02. The van der Waals surface area contributed by atoms with Crippen LogP contribution in [0.2, 0.25) is 0 Å². The number of aliphatic carboxylic acids is 1. The van der Waals surface area contributed by atoms with Gasteiger partial charge in [0.1, 0.15) is 5.69 Å². The minimum Gasteiger partial charge on any atom is -0.481 e. The summed E-state index contributed by atoms with van der Waals surface area (Å²) in [5, 5.41) is 11.3. The maximum absolute atomic E-state index is 11.9. The average Bonchev–Trinajstić information content (AvgIpc) is 2.49. The number of nitrogens with one attached hydrogen (secondary N) is 1. The van der Waals surface area contributed by atoms with Gasteiger partial charge in [0.05, 0.1) is 6.20 Å². The van der Waals surface area contributed by atoms with E-state index in [0.717, 1.165) is 5.56 Å². The van der Waals surface area contributed by atoms with Crippen molar-refractivity contribution in [2.75, 3.05) is 5.32 Å². The number of rotatable bonds is 6. The molecule has 21 heavy (non-hydrogen) atoms.